The molecule has 0 radical (unpaired) electrons. The van der Waals surface area contributed by atoms with E-state index in [2.05, 4.69) is 15.6 Å². The molecule has 0 bridgehead atoms. The molecule has 0 spiro atoms. The smallest absolute Gasteiger partial charge is 0.226 e. The molecular weight excluding hydrogens is 405 g/mol. The zero-order valence-electron chi connectivity index (χ0n) is 15.4. The van der Waals surface area contributed by atoms with E-state index in [4.69, 9.17) is 4.74 Å². The van der Waals surface area contributed by atoms with Crippen LogP contribution in [-0.2, 0) is 11.2 Å². The lowest BCUT2D eigenvalue weighted by Crippen LogP contribution is -2.38. The largest absolute Gasteiger partial charge is 0.494 e. The molecule has 1 aromatic heterocycles. The normalized spacial score (nSPS) is 16.0. The maximum absolute atomic E-state index is 12.1. The average molecular weight is 432 g/mol. The van der Waals surface area contributed by atoms with Gasteiger partial charge in [0.15, 0.2) is 0 Å². The molecule has 27 heavy (non-hydrogen) atoms. The minimum Gasteiger partial charge on any atom is -0.494 e. The Hall–Kier alpha value is -1.34. The van der Waals surface area contributed by atoms with Gasteiger partial charge in [-0.1, -0.05) is 0 Å². The number of hydrogen-bond acceptors (Lipinski definition) is 5. The highest BCUT2D eigenvalue weighted by Crippen LogP contribution is 2.26. The number of aromatic nitrogens is 1. The van der Waals surface area contributed by atoms with Gasteiger partial charge in [0, 0.05) is 17.5 Å². The van der Waals surface area contributed by atoms with Crippen molar-refractivity contribution in [2.45, 2.75) is 26.2 Å². The summed E-state index contributed by atoms with van der Waals surface area (Å²) in [5.41, 5.74) is 1.88. The van der Waals surface area contributed by atoms with Gasteiger partial charge in [-0.05, 0) is 63.0 Å². The van der Waals surface area contributed by atoms with Crippen molar-refractivity contribution >= 4 is 42.1 Å². The van der Waals surface area contributed by atoms with Crippen LogP contribution >= 0.6 is 36.2 Å². The number of ether oxygens (including phenoxy) is 1. The first-order valence-corrected chi connectivity index (χ1v) is 9.77. The van der Waals surface area contributed by atoms with E-state index < -0.39 is 0 Å². The highest BCUT2D eigenvalue weighted by atomic mass is 35.5. The quantitative estimate of drug-likeness (QED) is 0.700. The lowest BCUT2D eigenvalue weighted by atomic mass is 10.00. The Balaban J connectivity index is 0.00000182. The van der Waals surface area contributed by atoms with Gasteiger partial charge in [-0.25, -0.2) is 4.98 Å². The second-order valence-corrected chi connectivity index (χ2v) is 7.15. The van der Waals surface area contributed by atoms with Gasteiger partial charge in [0.25, 0.3) is 0 Å². The standard InChI is InChI=1S/C19H25N3O2S.2ClH/c1-2-24-17-7-5-15(6-8-17)19-22-16(13-25-19)10-18(23)21-12-14-4-3-9-20-11-14;;/h5-8,13-14,20H,2-4,9-12H2,1H3,(H,21,23);2*1H. The second kappa shape index (κ2) is 12.2. The maximum atomic E-state index is 12.1. The van der Waals surface area contributed by atoms with Crippen LogP contribution in [-0.4, -0.2) is 37.1 Å². The number of nitrogens with one attached hydrogen (secondary N) is 2. The summed E-state index contributed by atoms with van der Waals surface area (Å²) in [6.45, 7) is 5.47. The summed E-state index contributed by atoms with van der Waals surface area (Å²) in [6, 6.07) is 7.91. The number of rotatable bonds is 7. The van der Waals surface area contributed by atoms with Crippen LogP contribution in [0.15, 0.2) is 29.6 Å². The van der Waals surface area contributed by atoms with Crippen molar-refractivity contribution < 1.29 is 9.53 Å². The Morgan fingerprint density at radius 3 is 2.78 bits per heavy atom. The third-order valence-corrected chi connectivity index (χ3v) is 5.23. The first-order chi connectivity index (χ1) is 12.2. The summed E-state index contributed by atoms with van der Waals surface area (Å²) < 4.78 is 5.46. The Bertz CT molecular complexity index is 689. The van der Waals surface area contributed by atoms with E-state index in [0.717, 1.165) is 41.6 Å². The Morgan fingerprint density at radius 1 is 1.33 bits per heavy atom. The maximum Gasteiger partial charge on any atom is 0.226 e. The molecule has 150 valence electrons. The first-order valence-electron chi connectivity index (χ1n) is 8.89. The summed E-state index contributed by atoms with van der Waals surface area (Å²) in [6.07, 6.45) is 2.72. The molecular formula is C19H27Cl2N3O2S. The van der Waals surface area contributed by atoms with Crippen LogP contribution in [0.5, 0.6) is 5.75 Å². The van der Waals surface area contributed by atoms with Crippen molar-refractivity contribution in [2.24, 2.45) is 5.92 Å². The molecule has 2 N–H and O–H groups in total. The number of carbonyl (C=O) groups excluding carboxylic acids is 1. The third kappa shape index (κ3) is 7.30. The summed E-state index contributed by atoms with van der Waals surface area (Å²) >= 11 is 1.57. The van der Waals surface area contributed by atoms with E-state index in [1.807, 2.05) is 36.6 Å². The van der Waals surface area contributed by atoms with Crippen LogP contribution in [0.1, 0.15) is 25.5 Å². The fraction of sp³-hybridized carbons (Fsp3) is 0.474. The predicted molar refractivity (Wildman–Crippen MR) is 116 cm³/mol. The number of amides is 1. The molecule has 1 unspecified atom stereocenters. The predicted octanol–water partition coefficient (Wildman–Crippen LogP) is 3.71. The number of halogens is 2. The Kier molecular flexibility index (Phi) is 10.7. The highest BCUT2D eigenvalue weighted by molar-refractivity contribution is 7.13. The number of hydrogen-bond donors (Lipinski definition) is 2. The summed E-state index contributed by atoms with van der Waals surface area (Å²) in [5, 5.41) is 9.31. The number of benzene rings is 1. The van der Waals surface area contributed by atoms with Gasteiger partial charge in [0.05, 0.1) is 18.7 Å². The second-order valence-electron chi connectivity index (χ2n) is 6.29. The zero-order valence-corrected chi connectivity index (χ0v) is 17.9. The van der Waals surface area contributed by atoms with E-state index in [9.17, 15) is 4.79 Å². The van der Waals surface area contributed by atoms with Crippen molar-refractivity contribution in [3.05, 3.63) is 35.3 Å². The fourth-order valence-electron chi connectivity index (χ4n) is 2.96. The van der Waals surface area contributed by atoms with Crippen molar-refractivity contribution in [1.29, 1.82) is 0 Å². The van der Waals surface area contributed by atoms with Gasteiger partial charge in [0.1, 0.15) is 10.8 Å². The van der Waals surface area contributed by atoms with E-state index >= 15 is 0 Å². The molecule has 1 aliphatic heterocycles. The summed E-state index contributed by atoms with van der Waals surface area (Å²) in [4.78, 5) is 16.7. The van der Waals surface area contributed by atoms with Crippen molar-refractivity contribution in [3.8, 4) is 16.3 Å². The molecule has 3 rings (SSSR count). The van der Waals surface area contributed by atoms with Gasteiger partial charge in [-0.3, -0.25) is 4.79 Å². The molecule has 1 saturated heterocycles. The van der Waals surface area contributed by atoms with Crippen molar-refractivity contribution in [1.82, 2.24) is 15.6 Å². The van der Waals surface area contributed by atoms with Crippen LogP contribution in [0, 0.1) is 5.92 Å². The minimum atomic E-state index is 0. The van der Waals surface area contributed by atoms with Gasteiger partial charge in [-0.2, -0.15) is 0 Å². The molecule has 2 heterocycles. The van der Waals surface area contributed by atoms with Crippen molar-refractivity contribution in [3.63, 3.8) is 0 Å². The molecule has 1 amide bonds. The van der Waals surface area contributed by atoms with Crippen molar-refractivity contribution in [2.75, 3.05) is 26.2 Å². The van der Waals surface area contributed by atoms with E-state index in [-0.39, 0.29) is 30.7 Å². The molecule has 1 aliphatic rings. The Morgan fingerprint density at radius 2 is 2.11 bits per heavy atom. The minimum absolute atomic E-state index is 0. The number of thiazole rings is 1. The van der Waals surface area contributed by atoms with Crippen LogP contribution in [0.25, 0.3) is 10.6 Å². The van der Waals surface area contributed by atoms with Crippen LogP contribution < -0.4 is 15.4 Å². The van der Waals surface area contributed by atoms with Crippen LogP contribution in [0.4, 0.5) is 0 Å². The number of piperidine rings is 1. The fourth-order valence-corrected chi connectivity index (χ4v) is 3.79. The van der Waals surface area contributed by atoms with Gasteiger partial charge in [-0.15, -0.1) is 36.2 Å². The Labute approximate surface area is 177 Å². The average Bonchev–Trinajstić information content (AvgIpc) is 3.10. The molecule has 0 aliphatic carbocycles. The zero-order chi connectivity index (χ0) is 17.5. The number of nitrogens with zero attached hydrogens (tertiary/aromatic N) is 1. The van der Waals surface area contributed by atoms with E-state index in [0.29, 0.717) is 18.9 Å². The van der Waals surface area contributed by atoms with Gasteiger partial charge >= 0.3 is 0 Å². The third-order valence-electron chi connectivity index (χ3n) is 4.29. The molecule has 2 aromatic rings. The van der Waals surface area contributed by atoms with E-state index in [1.165, 1.54) is 12.8 Å². The molecule has 5 nitrogen and oxygen atoms in total. The topological polar surface area (TPSA) is 63.2 Å². The summed E-state index contributed by atoms with van der Waals surface area (Å²) in [5.74, 6) is 1.46. The van der Waals surface area contributed by atoms with E-state index in [1.54, 1.807) is 11.3 Å². The first kappa shape index (κ1) is 23.7. The molecule has 1 atom stereocenters. The molecule has 1 aromatic carbocycles. The molecule has 0 saturated carbocycles. The van der Waals surface area contributed by atoms with Crippen LogP contribution in [0.3, 0.4) is 0 Å². The molecule has 1 fully saturated rings. The SMILES string of the molecule is CCOc1ccc(-c2nc(CC(=O)NCC3CCCNC3)cs2)cc1.Cl.Cl. The van der Waals surface area contributed by atoms with Gasteiger partial charge < -0.3 is 15.4 Å². The monoisotopic (exact) mass is 431 g/mol. The van der Waals surface area contributed by atoms with Gasteiger partial charge in [0.2, 0.25) is 5.91 Å². The number of carbonyl (C=O) groups is 1. The van der Waals surface area contributed by atoms with Crippen LogP contribution in [0.2, 0.25) is 0 Å². The highest BCUT2D eigenvalue weighted by Gasteiger charge is 2.15. The summed E-state index contributed by atoms with van der Waals surface area (Å²) in [7, 11) is 0. The molecule has 8 heteroatoms. The lowest BCUT2D eigenvalue weighted by Gasteiger charge is -2.22. The lowest BCUT2D eigenvalue weighted by molar-refractivity contribution is -0.120.